The Morgan fingerprint density at radius 2 is 1.44 bits per heavy atom. The quantitative estimate of drug-likeness (QED) is 0.791. The molecule has 104 valence electrons. The van der Waals surface area contributed by atoms with Crippen molar-refractivity contribution in [2.75, 3.05) is 26.3 Å². The molecule has 0 aliphatic carbocycles. The van der Waals surface area contributed by atoms with Crippen LogP contribution in [0.1, 0.15) is 38.8 Å². The maximum Gasteiger partial charge on any atom is 0.0594 e. The van der Waals surface area contributed by atoms with E-state index in [2.05, 4.69) is 36.1 Å². The van der Waals surface area contributed by atoms with Crippen LogP contribution in [-0.4, -0.2) is 31.2 Å². The third-order valence-electron chi connectivity index (χ3n) is 2.63. The molecular weight excluding hydrogens is 222 g/mol. The predicted molar refractivity (Wildman–Crippen MR) is 80.0 cm³/mol. The van der Waals surface area contributed by atoms with Crippen molar-refractivity contribution in [3.05, 3.63) is 35.4 Å². The molecule has 0 saturated carbocycles. The van der Waals surface area contributed by atoms with Gasteiger partial charge in [0, 0.05) is 19.6 Å². The maximum absolute atomic E-state index is 5.31. The molecule has 0 spiro atoms. The highest BCUT2D eigenvalue weighted by atomic mass is 16.5. The van der Waals surface area contributed by atoms with Gasteiger partial charge in [0.1, 0.15) is 0 Å². The van der Waals surface area contributed by atoms with E-state index >= 15 is 0 Å². The van der Waals surface area contributed by atoms with Crippen LogP contribution in [0.4, 0.5) is 0 Å². The zero-order valence-corrected chi connectivity index (χ0v) is 12.7. The summed E-state index contributed by atoms with van der Waals surface area (Å²) in [6.07, 6.45) is 0. The minimum atomic E-state index is 0.881. The van der Waals surface area contributed by atoms with Gasteiger partial charge in [0.2, 0.25) is 0 Å². The molecule has 1 aliphatic rings. The molecule has 0 radical (unpaired) electrons. The first-order chi connectivity index (χ1) is 8.84. The van der Waals surface area contributed by atoms with Gasteiger partial charge in [-0.05, 0) is 12.5 Å². The Labute approximate surface area is 113 Å². The van der Waals surface area contributed by atoms with E-state index in [-0.39, 0.29) is 0 Å². The van der Waals surface area contributed by atoms with E-state index in [4.69, 9.17) is 4.74 Å². The van der Waals surface area contributed by atoms with Gasteiger partial charge in [0.15, 0.2) is 0 Å². The van der Waals surface area contributed by atoms with E-state index in [0.717, 1.165) is 32.8 Å². The fourth-order valence-electron chi connectivity index (χ4n) is 1.71. The molecule has 1 aromatic carbocycles. The molecule has 1 saturated heterocycles. The lowest BCUT2D eigenvalue weighted by molar-refractivity contribution is 0.0342. The molecule has 2 heteroatoms. The molecule has 0 amide bonds. The predicted octanol–water partition coefficient (Wildman–Crippen LogP) is 3.88. The fourth-order valence-corrected chi connectivity index (χ4v) is 1.71. The van der Waals surface area contributed by atoms with Crippen LogP contribution < -0.4 is 0 Å². The Bertz CT molecular complexity index is 276. The molecule has 1 aliphatic heterocycles. The van der Waals surface area contributed by atoms with Gasteiger partial charge in [-0.3, -0.25) is 4.90 Å². The van der Waals surface area contributed by atoms with E-state index < -0.39 is 0 Å². The van der Waals surface area contributed by atoms with Crippen molar-refractivity contribution < 1.29 is 4.74 Å². The number of morpholine rings is 1. The first kappa shape index (κ1) is 17.1. The largest absolute Gasteiger partial charge is 0.379 e. The summed E-state index contributed by atoms with van der Waals surface area (Å²) in [5, 5.41) is 0. The van der Waals surface area contributed by atoms with Gasteiger partial charge < -0.3 is 4.74 Å². The summed E-state index contributed by atoms with van der Waals surface area (Å²) < 4.78 is 5.31. The van der Waals surface area contributed by atoms with Gasteiger partial charge in [-0.15, -0.1) is 0 Å². The second-order valence-corrected chi connectivity index (χ2v) is 3.87. The molecule has 0 aromatic heterocycles. The number of rotatable bonds is 2. The summed E-state index contributed by atoms with van der Waals surface area (Å²) in [5.74, 6) is 0. The number of benzene rings is 1. The molecule has 2 rings (SSSR count). The Morgan fingerprint density at radius 3 is 1.94 bits per heavy atom. The van der Waals surface area contributed by atoms with Crippen LogP contribution in [-0.2, 0) is 11.3 Å². The van der Waals surface area contributed by atoms with Crippen LogP contribution in [0, 0.1) is 6.92 Å². The van der Waals surface area contributed by atoms with Crippen molar-refractivity contribution in [1.82, 2.24) is 4.90 Å². The summed E-state index contributed by atoms with van der Waals surface area (Å²) >= 11 is 0. The van der Waals surface area contributed by atoms with E-state index in [9.17, 15) is 0 Å². The van der Waals surface area contributed by atoms with Crippen LogP contribution in [0.2, 0.25) is 0 Å². The smallest absolute Gasteiger partial charge is 0.0594 e. The van der Waals surface area contributed by atoms with E-state index in [1.165, 1.54) is 11.1 Å². The lowest BCUT2D eigenvalue weighted by Crippen LogP contribution is -2.35. The van der Waals surface area contributed by atoms with Crippen molar-refractivity contribution in [3.8, 4) is 0 Å². The van der Waals surface area contributed by atoms with Crippen molar-refractivity contribution >= 4 is 0 Å². The van der Waals surface area contributed by atoms with Crippen LogP contribution in [0.25, 0.3) is 0 Å². The van der Waals surface area contributed by atoms with Gasteiger partial charge in [-0.1, -0.05) is 57.5 Å². The third-order valence-corrected chi connectivity index (χ3v) is 2.63. The molecule has 0 unspecified atom stereocenters. The van der Waals surface area contributed by atoms with Crippen LogP contribution in [0.15, 0.2) is 24.3 Å². The molecule has 1 fully saturated rings. The first-order valence-corrected chi connectivity index (χ1v) is 7.20. The Balaban J connectivity index is 0.000000659. The van der Waals surface area contributed by atoms with Crippen LogP contribution >= 0.6 is 0 Å². The normalized spacial score (nSPS) is 14.9. The monoisotopic (exact) mass is 251 g/mol. The van der Waals surface area contributed by atoms with Crippen LogP contribution in [0.5, 0.6) is 0 Å². The molecule has 18 heavy (non-hydrogen) atoms. The lowest BCUT2D eigenvalue weighted by atomic mass is 10.1. The molecule has 0 N–H and O–H groups in total. The molecule has 1 heterocycles. The number of ether oxygens (including phenoxy) is 1. The van der Waals surface area contributed by atoms with Crippen molar-refractivity contribution in [2.24, 2.45) is 0 Å². The summed E-state index contributed by atoms with van der Waals surface area (Å²) in [6, 6.07) is 8.78. The average Bonchev–Trinajstić information content (AvgIpc) is 2.47. The van der Waals surface area contributed by atoms with Crippen molar-refractivity contribution in [3.63, 3.8) is 0 Å². The molecule has 0 atom stereocenters. The fraction of sp³-hybridized carbons (Fsp3) is 0.625. The molecule has 2 nitrogen and oxygen atoms in total. The summed E-state index contributed by atoms with van der Waals surface area (Å²) in [5.41, 5.74) is 2.73. The number of hydrogen-bond donors (Lipinski definition) is 0. The zero-order chi connectivity index (χ0) is 13.8. The molecule has 0 bridgehead atoms. The van der Waals surface area contributed by atoms with Gasteiger partial charge >= 0.3 is 0 Å². The summed E-state index contributed by atoms with van der Waals surface area (Å²) in [7, 11) is 0. The highest BCUT2D eigenvalue weighted by molar-refractivity contribution is 5.21. The second-order valence-electron chi connectivity index (χ2n) is 3.87. The van der Waals surface area contributed by atoms with Crippen molar-refractivity contribution in [1.29, 1.82) is 0 Å². The first-order valence-electron chi connectivity index (χ1n) is 7.20. The average molecular weight is 251 g/mol. The van der Waals surface area contributed by atoms with Gasteiger partial charge in [-0.25, -0.2) is 0 Å². The van der Waals surface area contributed by atoms with Gasteiger partial charge in [0.05, 0.1) is 13.2 Å². The summed E-state index contributed by atoms with van der Waals surface area (Å²) in [6.45, 7) is 15.1. The Hall–Kier alpha value is -0.860. The number of hydrogen-bond acceptors (Lipinski definition) is 2. The maximum atomic E-state index is 5.31. The third kappa shape index (κ3) is 6.77. The Kier molecular flexibility index (Phi) is 10.7. The highest BCUT2D eigenvalue weighted by Gasteiger charge is 2.09. The van der Waals surface area contributed by atoms with E-state index in [1.807, 2.05) is 27.7 Å². The number of aryl methyl sites for hydroxylation is 1. The standard InChI is InChI=1S/C12H17NO.2C2H6/c1-11-2-4-12(5-3-11)10-13-6-8-14-9-7-13;2*1-2/h2-5H,6-10H2,1H3;2*1-2H3. The molecular formula is C16H29NO. The van der Waals surface area contributed by atoms with Gasteiger partial charge in [-0.2, -0.15) is 0 Å². The highest BCUT2D eigenvalue weighted by Crippen LogP contribution is 2.08. The van der Waals surface area contributed by atoms with E-state index in [0.29, 0.717) is 0 Å². The van der Waals surface area contributed by atoms with E-state index in [1.54, 1.807) is 0 Å². The second kappa shape index (κ2) is 11.2. The lowest BCUT2D eigenvalue weighted by Gasteiger charge is -2.26. The minimum Gasteiger partial charge on any atom is -0.379 e. The minimum absolute atomic E-state index is 0.881. The molecule has 1 aromatic rings. The zero-order valence-electron chi connectivity index (χ0n) is 12.7. The number of nitrogens with zero attached hydrogens (tertiary/aromatic N) is 1. The summed E-state index contributed by atoms with van der Waals surface area (Å²) in [4.78, 5) is 2.44. The SMILES string of the molecule is CC.CC.Cc1ccc(CN2CCOCC2)cc1. The topological polar surface area (TPSA) is 12.5 Å². The Morgan fingerprint density at radius 1 is 0.944 bits per heavy atom. The van der Waals surface area contributed by atoms with Crippen LogP contribution in [0.3, 0.4) is 0 Å². The van der Waals surface area contributed by atoms with Gasteiger partial charge in [0.25, 0.3) is 0 Å². The van der Waals surface area contributed by atoms with Crippen molar-refractivity contribution in [2.45, 2.75) is 41.2 Å².